The first kappa shape index (κ1) is 16.5. The molecule has 6 heteroatoms. The quantitative estimate of drug-likeness (QED) is 0.623. The Balaban J connectivity index is 2.06. The molecule has 0 spiro atoms. The molecule has 0 aromatic heterocycles. The summed E-state index contributed by atoms with van der Waals surface area (Å²) < 4.78 is 5.34. The molecule has 0 unspecified atom stereocenters. The van der Waals surface area contributed by atoms with E-state index < -0.39 is 4.92 Å². The molecule has 118 valence electrons. The average molecular weight is 311 g/mol. The Kier molecular flexibility index (Phi) is 5.67. The predicted molar refractivity (Wildman–Crippen MR) is 86.9 cm³/mol. The molecule has 0 saturated heterocycles. The minimum Gasteiger partial charge on any atom is -0.377 e. The molecule has 0 amide bonds. The molecule has 6 nitrogen and oxygen atoms in total. The van der Waals surface area contributed by atoms with Crippen LogP contribution in [0.1, 0.15) is 23.6 Å². The van der Waals surface area contributed by atoms with Gasteiger partial charge in [0.05, 0.1) is 23.2 Å². The molecule has 2 aromatic carbocycles. The van der Waals surface area contributed by atoms with Crippen molar-refractivity contribution in [3.8, 4) is 6.07 Å². The highest BCUT2D eigenvalue weighted by Crippen LogP contribution is 2.25. The van der Waals surface area contributed by atoms with Crippen LogP contribution in [0.25, 0.3) is 0 Å². The van der Waals surface area contributed by atoms with Gasteiger partial charge in [0.15, 0.2) is 0 Å². The van der Waals surface area contributed by atoms with E-state index in [0.29, 0.717) is 25.4 Å². The van der Waals surface area contributed by atoms with Crippen molar-refractivity contribution in [2.75, 3.05) is 11.9 Å². The van der Waals surface area contributed by atoms with E-state index in [0.717, 1.165) is 11.1 Å². The summed E-state index contributed by atoms with van der Waals surface area (Å²) in [7, 11) is 0. The largest absolute Gasteiger partial charge is 0.377 e. The first-order valence-electron chi connectivity index (χ1n) is 7.22. The third-order valence-corrected chi connectivity index (χ3v) is 3.30. The molecule has 0 aliphatic heterocycles. The highest BCUT2D eigenvalue weighted by atomic mass is 16.6. The van der Waals surface area contributed by atoms with Crippen molar-refractivity contribution in [2.24, 2.45) is 0 Å². The number of hydrogen-bond donors (Lipinski definition) is 1. The topological polar surface area (TPSA) is 88.2 Å². The Labute approximate surface area is 134 Å². The Morgan fingerprint density at radius 2 is 1.91 bits per heavy atom. The van der Waals surface area contributed by atoms with Gasteiger partial charge in [-0.2, -0.15) is 5.26 Å². The second-order valence-corrected chi connectivity index (χ2v) is 4.91. The molecule has 0 heterocycles. The molecule has 0 saturated carbocycles. The van der Waals surface area contributed by atoms with Crippen LogP contribution in [-0.2, 0) is 17.9 Å². The van der Waals surface area contributed by atoms with Crippen molar-refractivity contribution in [3.05, 3.63) is 69.3 Å². The van der Waals surface area contributed by atoms with E-state index in [4.69, 9.17) is 10.00 Å². The van der Waals surface area contributed by atoms with Gasteiger partial charge in [-0.3, -0.25) is 10.1 Å². The Hall–Kier alpha value is -2.91. The van der Waals surface area contributed by atoms with Gasteiger partial charge in [0.2, 0.25) is 0 Å². The van der Waals surface area contributed by atoms with Crippen LogP contribution >= 0.6 is 0 Å². The second-order valence-electron chi connectivity index (χ2n) is 4.91. The molecular weight excluding hydrogens is 294 g/mol. The Bertz CT molecular complexity index is 721. The van der Waals surface area contributed by atoms with Gasteiger partial charge in [0.25, 0.3) is 5.69 Å². The van der Waals surface area contributed by atoms with Crippen molar-refractivity contribution < 1.29 is 9.66 Å². The van der Waals surface area contributed by atoms with Gasteiger partial charge < -0.3 is 10.1 Å². The number of hydrogen-bond acceptors (Lipinski definition) is 5. The summed E-state index contributed by atoms with van der Waals surface area (Å²) >= 11 is 0. The summed E-state index contributed by atoms with van der Waals surface area (Å²) in [5, 5.41) is 23.0. The summed E-state index contributed by atoms with van der Waals surface area (Å²) in [4.78, 5) is 10.6. The molecular formula is C17H17N3O3. The summed E-state index contributed by atoms with van der Waals surface area (Å²) in [5.41, 5.74) is 2.65. The number of nitrogens with one attached hydrogen (secondary N) is 1. The van der Waals surface area contributed by atoms with Gasteiger partial charge in [0.1, 0.15) is 5.69 Å². The van der Waals surface area contributed by atoms with Crippen LogP contribution in [0.5, 0.6) is 0 Å². The van der Waals surface area contributed by atoms with Crippen LogP contribution in [0.15, 0.2) is 42.5 Å². The van der Waals surface area contributed by atoms with Crippen molar-refractivity contribution in [2.45, 2.75) is 20.1 Å². The fraction of sp³-hybridized carbons (Fsp3) is 0.235. The number of benzene rings is 2. The Morgan fingerprint density at radius 1 is 1.22 bits per heavy atom. The highest BCUT2D eigenvalue weighted by molar-refractivity contribution is 5.64. The number of nitro benzene ring substituents is 1. The van der Waals surface area contributed by atoms with Gasteiger partial charge >= 0.3 is 0 Å². The van der Waals surface area contributed by atoms with Gasteiger partial charge in [-0.05, 0) is 30.2 Å². The van der Waals surface area contributed by atoms with E-state index in [1.807, 2.05) is 37.3 Å². The SMILES string of the molecule is CCOCc1ccc(CNc2ccc(C#N)cc2[N+](=O)[O-])cc1. The minimum absolute atomic E-state index is 0.1000. The summed E-state index contributed by atoms with van der Waals surface area (Å²) in [6.07, 6.45) is 0. The lowest BCUT2D eigenvalue weighted by atomic mass is 10.1. The van der Waals surface area contributed by atoms with Crippen LogP contribution in [0.3, 0.4) is 0 Å². The molecule has 0 bridgehead atoms. The maximum absolute atomic E-state index is 11.1. The highest BCUT2D eigenvalue weighted by Gasteiger charge is 2.14. The molecule has 23 heavy (non-hydrogen) atoms. The summed E-state index contributed by atoms with van der Waals surface area (Å²) in [5.74, 6) is 0. The summed E-state index contributed by atoms with van der Waals surface area (Å²) in [6, 6.07) is 14.1. The lowest BCUT2D eigenvalue weighted by Gasteiger charge is -2.08. The number of rotatable bonds is 7. The molecule has 0 aliphatic rings. The zero-order chi connectivity index (χ0) is 16.7. The molecule has 0 fully saturated rings. The minimum atomic E-state index is -0.492. The molecule has 1 N–H and O–H groups in total. The Morgan fingerprint density at radius 3 is 2.52 bits per heavy atom. The van der Waals surface area contributed by atoms with Crippen molar-refractivity contribution >= 4 is 11.4 Å². The van der Waals surface area contributed by atoms with E-state index in [1.165, 1.54) is 6.07 Å². The predicted octanol–water partition coefficient (Wildman–Crippen LogP) is 3.62. The van der Waals surface area contributed by atoms with Crippen molar-refractivity contribution in [1.29, 1.82) is 5.26 Å². The monoisotopic (exact) mass is 311 g/mol. The number of anilines is 1. The zero-order valence-electron chi connectivity index (χ0n) is 12.8. The zero-order valence-corrected chi connectivity index (χ0v) is 12.8. The van der Waals surface area contributed by atoms with E-state index in [9.17, 15) is 10.1 Å². The van der Waals surface area contributed by atoms with Crippen LogP contribution in [0.2, 0.25) is 0 Å². The van der Waals surface area contributed by atoms with E-state index >= 15 is 0 Å². The maximum Gasteiger partial charge on any atom is 0.293 e. The number of nitro groups is 1. The van der Waals surface area contributed by atoms with Gasteiger partial charge in [-0.1, -0.05) is 24.3 Å². The molecule has 0 atom stereocenters. The molecule has 2 rings (SSSR count). The van der Waals surface area contributed by atoms with Crippen LogP contribution in [0, 0.1) is 21.4 Å². The first-order chi connectivity index (χ1) is 11.1. The van der Waals surface area contributed by atoms with Crippen molar-refractivity contribution in [1.82, 2.24) is 0 Å². The smallest absolute Gasteiger partial charge is 0.293 e. The lowest BCUT2D eigenvalue weighted by Crippen LogP contribution is -2.03. The number of ether oxygens (including phenoxy) is 1. The lowest BCUT2D eigenvalue weighted by molar-refractivity contribution is -0.384. The summed E-state index contributed by atoms with van der Waals surface area (Å²) in [6.45, 7) is 3.65. The van der Waals surface area contributed by atoms with Gasteiger partial charge in [-0.15, -0.1) is 0 Å². The number of nitriles is 1. The molecule has 2 aromatic rings. The standard InChI is InChI=1S/C17H17N3O3/c1-2-23-12-14-5-3-13(4-6-14)11-19-16-8-7-15(10-18)9-17(16)20(21)22/h3-9,19H,2,11-12H2,1H3. The average Bonchev–Trinajstić information content (AvgIpc) is 2.58. The second kappa shape index (κ2) is 7.92. The third kappa shape index (κ3) is 4.53. The fourth-order valence-corrected chi connectivity index (χ4v) is 2.07. The van der Waals surface area contributed by atoms with E-state index in [1.54, 1.807) is 12.1 Å². The fourth-order valence-electron chi connectivity index (χ4n) is 2.07. The van der Waals surface area contributed by atoms with E-state index in [-0.39, 0.29) is 11.3 Å². The first-order valence-corrected chi connectivity index (χ1v) is 7.22. The maximum atomic E-state index is 11.1. The van der Waals surface area contributed by atoms with E-state index in [2.05, 4.69) is 5.32 Å². The molecule has 0 radical (unpaired) electrons. The normalized spacial score (nSPS) is 10.1. The van der Waals surface area contributed by atoms with Crippen LogP contribution in [0.4, 0.5) is 11.4 Å². The van der Waals surface area contributed by atoms with Crippen LogP contribution in [-0.4, -0.2) is 11.5 Å². The molecule has 0 aliphatic carbocycles. The van der Waals surface area contributed by atoms with Gasteiger partial charge in [0, 0.05) is 19.2 Å². The third-order valence-electron chi connectivity index (χ3n) is 3.30. The van der Waals surface area contributed by atoms with Crippen LogP contribution < -0.4 is 5.32 Å². The van der Waals surface area contributed by atoms with Gasteiger partial charge in [-0.25, -0.2) is 0 Å². The number of nitrogens with zero attached hydrogens (tertiary/aromatic N) is 2. The van der Waals surface area contributed by atoms with Crippen molar-refractivity contribution in [3.63, 3.8) is 0 Å².